The minimum atomic E-state index is -0.437. The molecule has 1 aliphatic rings. The quantitative estimate of drug-likeness (QED) is 0.783. The second-order valence-corrected chi connectivity index (χ2v) is 6.73. The summed E-state index contributed by atoms with van der Waals surface area (Å²) < 4.78 is 7.09. The molecule has 1 atom stereocenters. The van der Waals surface area contributed by atoms with Crippen LogP contribution in [0.1, 0.15) is 46.2 Å². The van der Waals surface area contributed by atoms with Gasteiger partial charge >= 0.3 is 5.97 Å². The van der Waals surface area contributed by atoms with E-state index in [2.05, 4.69) is 51.7 Å². The van der Waals surface area contributed by atoms with Crippen LogP contribution in [0.3, 0.4) is 0 Å². The summed E-state index contributed by atoms with van der Waals surface area (Å²) >= 11 is 0. The molecule has 0 amide bonds. The first-order chi connectivity index (χ1) is 13.0. The van der Waals surface area contributed by atoms with E-state index >= 15 is 0 Å². The Morgan fingerprint density at radius 3 is 2.52 bits per heavy atom. The van der Waals surface area contributed by atoms with E-state index in [4.69, 9.17) is 4.74 Å². The number of ether oxygens (including phenoxy) is 1. The van der Waals surface area contributed by atoms with Gasteiger partial charge in [-0.2, -0.15) is 4.68 Å². The topological polar surface area (TPSA) is 85.2 Å². The van der Waals surface area contributed by atoms with Crippen molar-refractivity contribution in [2.75, 3.05) is 23.3 Å². The lowest BCUT2D eigenvalue weighted by molar-refractivity contribution is -0.143. The van der Waals surface area contributed by atoms with E-state index in [-0.39, 0.29) is 12.1 Å². The molecule has 0 fully saturated rings. The number of nitrogens with zero attached hydrogens (tertiary/aromatic N) is 5. The summed E-state index contributed by atoms with van der Waals surface area (Å²) in [5.74, 6) is 0.139. The molecule has 0 spiro atoms. The summed E-state index contributed by atoms with van der Waals surface area (Å²) in [6.07, 6.45) is -0.209. The molecule has 0 bridgehead atoms. The van der Waals surface area contributed by atoms with E-state index in [1.807, 2.05) is 32.9 Å². The van der Waals surface area contributed by atoms with Crippen LogP contribution >= 0.6 is 0 Å². The fraction of sp³-hybridized carbons (Fsp3) is 0.474. The van der Waals surface area contributed by atoms with Crippen LogP contribution < -0.4 is 10.2 Å². The van der Waals surface area contributed by atoms with Crippen LogP contribution in [-0.2, 0) is 9.53 Å². The van der Waals surface area contributed by atoms with Gasteiger partial charge in [0.25, 0.3) is 0 Å². The van der Waals surface area contributed by atoms with Gasteiger partial charge in [0.1, 0.15) is 6.04 Å². The van der Waals surface area contributed by atoms with Crippen molar-refractivity contribution >= 4 is 17.6 Å². The molecular weight excluding hydrogens is 344 g/mol. The summed E-state index contributed by atoms with van der Waals surface area (Å²) in [7, 11) is 0. The third kappa shape index (κ3) is 3.65. The molecule has 2 heterocycles. The van der Waals surface area contributed by atoms with Crippen molar-refractivity contribution in [1.29, 1.82) is 0 Å². The van der Waals surface area contributed by atoms with Gasteiger partial charge in [-0.25, -0.2) is 4.79 Å². The number of rotatable bonds is 6. The van der Waals surface area contributed by atoms with Gasteiger partial charge in [-0.1, -0.05) is 17.2 Å². The number of fused-ring (bicyclic) bond motifs is 1. The van der Waals surface area contributed by atoms with Crippen molar-refractivity contribution in [3.63, 3.8) is 0 Å². The number of hydrogen-bond donors (Lipinski definition) is 1. The molecule has 1 aliphatic heterocycles. The standard InChI is InChI=1S/C19H26N6O2/c1-6-24(7-2)15-10-8-14(9-11-15)17-16(18(26)27-12(3)4)13(5)20-19-21-22-23-25(17)19/h8-12,17H,6-7H2,1-5H3,(H,20,21,23)/t17-/m1/s1. The molecule has 1 N–H and O–H groups in total. The normalized spacial score (nSPS) is 16.1. The second kappa shape index (κ2) is 7.77. The highest BCUT2D eigenvalue weighted by atomic mass is 16.5. The number of aromatic nitrogens is 4. The summed E-state index contributed by atoms with van der Waals surface area (Å²) in [6, 6.07) is 7.73. The number of benzene rings is 1. The second-order valence-electron chi connectivity index (χ2n) is 6.73. The maximum Gasteiger partial charge on any atom is 0.338 e. The van der Waals surface area contributed by atoms with Crippen LogP contribution in [0.2, 0.25) is 0 Å². The number of esters is 1. The highest BCUT2D eigenvalue weighted by Gasteiger charge is 2.35. The van der Waals surface area contributed by atoms with Gasteiger partial charge in [0, 0.05) is 24.5 Å². The van der Waals surface area contributed by atoms with Crippen LogP contribution in [0, 0.1) is 0 Å². The summed E-state index contributed by atoms with van der Waals surface area (Å²) in [5, 5.41) is 14.9. The first-order valence-electron chi connectivity index (χ1n) is 9.27. The predicted octanol–water partition coefficient (Wildman–Crippen LogP) is 2.76. The Balaban J connectivity index is 2.03. The Morgan fingerprint density at radius 2 is 1.93 bits per heavy atom. The zero-order valence-corrected chi connectivity index (χ0v) is 16.4. The molecule has 2 aromatic rings. The highest BCUT2D eigenvalue weighted by Crippen LogP contribution is 2.35. The Labute approximate surface area is 159 Å². The molecule has 0 unspecified atom stereocenters. The lowest BCUT2D eigenvalue weighted by atomic mass is 9.95. The van der Waals surface area contributed by atoms with E-state index in [9.17, 15) is 4.79 Å². The van der Waals surface area contributed by atoms with Crippen LogP contribution in [0.5, 0.6) is 0 Å². The Morgan fingerprint density at radius 1 is 1.26 bits per heavy atom. The fourth-order valence-corrected chi connectivity index (χ4v) is 3.32. The highest BCUT2D eigenvalue weighted by molar-refractivity contribution is 5.92. The number of hydrogen-bond acceptors (Lipinski definition) is 7. The van der Waals surface area contributed by atoms with Gasteiger partial charge in [0.2, 0.25) is 5.95 Å². The van der Waals surface area contributed by atoms with Crippen LogP contribution in [0.4, 0.5) is 11.6 Å². The van der Waals surface area contributed by atoms with Gasteiger partial charge < -0.3 is 15.0 Å². The maximum atomic E-state index is 12.8. The molecule has 3 rings (SSSR count). The monoisotopic (exact) mass is 370 g/mol. The molecule has 8 heteroatoms. The number of tetrazole rings is 1. The van der Waals surface area contributed by atoms with Gasteiger partial charge in [-0.05, 0) is 62.7 Å². The summed E-state index contributed by atoms with van der Waals surface area (Å²) in [6.45, 7) is 11.6. The first kappa shape index (κ1) is 18.9. The molecule has 8 nitrogen and oxygen atoms in total. The van der Waals surface area contributed by atoms with E-state index in [0.29, 0.717) is 17.2 Å². The maximum absolute atomic E-state index is 12.8. The first-order valence-corrected chi connectivity index (χ1v) is 9.27. The minimum absolute atomic E-state index is 0.209. The number of carbonyl (C=O) groups excluding carboxylic acids is 1. The van der Waals surface area contributed by atoms with Gasteiger partial charge in [-0.3, -0.25) is 0 Å². The molecule has 0 aliphatic carbocycles. The predicted molar refractivity (Wildman–Crippen MR) is 104 cm³/mol. The SMILES string of the molecule is CCN(CC)c1ccc([C@@H]2C(C(=O)OC(C)C)=C(C)Nc3nnnn32)cc1. The van der Waals surface area contributed by atoms with Crippen molar-refractivity contribution in [3.8, 4) is 0 Å². The molecule has 27 heavy (non-hydrogen) atoms. The fourth-order valence-electron chi connectivity index (χ4n) is 3.32. The number of nitrogens with one attached hydrogen (secondary N) is 1. The molecule has 0 saturated heterocycles. The molecule has 1 aromatic heterocycles. The Kier molecular flexibility index (Phi) is 5.43. The Hall–Kier alpha value is -2.90. The van der Waals surface area contributed by atoms with Crippen molar-refractivity contribution in [2.24, 2.45) is 0 Å². The number of allylic oxidation sites excluding steroid dienone is 1. The smallest absolute Gasteiger partial charge is 0.338 e. The van der Waals surface area contributed by atoms with Crippen molar-refractivity contribution in [2.45, 2.75) is 46.8 Å². The molecule has 144 valence electrons. The van der Waals surface area contributed by atoms with Gasteiger partial charge in [0.05, 0.1) is 11.7 Å². The zero-order valence-electron chi connectivity index (χ0n) is 16.4. The van der Waals surface area contributed by atoms with Crippen LogP contribution in [0.25, 0.3) is 0 Å². The zero-order chi connectivity index (χ0) is 19.6. The molecule has 1 aromatic carbocycles. The van der Waals surface area contributed by atoms with Crippen molar-refractivity contribution in [3.05, 3.63) is 41.1 Å². The van der Waals surface area contributed by atoms with E-state index in [1.165, 1.54) is 0 Å². The van der Waals surface area contributed by atoms with E-state index in [1.54, 1.807) is 4.68 Å². The minimum Gasteiger partial charge on any atom is -0.459 e. The van der Waals surface area contributed by atoms with E-state index in [0.717, 1.165) is 24.3 Å². The summed E-state index contributed by atoms with van der Waals surface area (Å²) in [5.41, 5.74) is 3.28. The number of carbonyl (C=O) groups is 1. The lowest BCUT2D eigenvalue weighted by Gasteiger charge is -2.28. The largest absolute Gasteiger partial charge is 0.459 e. The third-order valence-corrected chi connectivity index (χ3v) is 4.61. The van der Waals surface area contributed by atoms with Crippen molar-refractivity contribution < 1.29 is 9.53 Å². The molecular formula is C19H26N6O2. The summed E-state index contributed by atoms with van der Waals surface area (Å²) in [4.78, 5) is 15.1. The average molecular weight is 370 g/mol. The third-order valence-electron chi connectivity index (χ3n) is 4.61. The number of anilines is 2. The average Bonchev–Trinajstić information content (AvgIpc) is 3.09. The molecule has 0 radical (unpaired) electrons. The Bertz CT molecular complexity index is 836. The van der Waals surface area contributed by atoms with Gasteiger partial charge in [0.15, 0.2) is 0 Å². The van der Waals surface area contributed by atoms with Crippen molar-refractivity contribution in [1.82, 2.24) is 20.2 Å². The van der Waals surface area contributed by atoms with Crippen LogP contribution in [-0.4, -0.2) is 45.4 Å². The van der Waals surface area contributed by atoms with Crippen LogP contribution in [0.15, 0.2) is 35.5 Å². The lowest BCUT2D eigenvalue weighted by Crippen LogP contribution is -2.30. The molecule has 0 saturated carbocycles. The van der Waals surface area contributed by atoms with E-state index < -0.39 is 6.04 Å². The van der Waals surface area contributed by atoms with Gasteiger partial charge in [-0.15, -0.1) is 0 Å².